The molecule has 0 aromatic heterocycles. The van der Waals surface area contributed by atoms with Crippen molar-refractivity contribution in [2.45, 2.75) is 40.2 Å². The summed E-state index contributed by atoms with van der Waals surface area (Å²) >= 11 is 0. The van der Waals surface area contributed by atoms with Crippen LogP contribution in [0.4, 0.5) is 5.69 Å². The van der Waals surface area contributed by atoms with E-state index in [0.717, 1.165) is 12.1 Å². The van der Waals surface area contributed by atoms with E-state index >= 15 is 0 Å². The molecule has 1 aromatic rings. The Morgan fingerprint density at radius 1 is 1.31 bits per heavy atom. The zero-order chi connectivity index (χ0) is 12.1. The second-order valence-corrected chi connectivity index (χ2v) is 4.82. The third-order valence-corrected chi connectivity index (χ3v) is 2.59. The summed E-state index contributed by atoms with van der Waals surface area (Å²) in [5.41, 5.74) is 2.98. The molecule has 1 unspecified atom stereocenters. The number of nitrogens with zero attached hydrogens (tertiary/aromatic N) is 1. The Labute approximate surface area is 98.3 Å². The fraction of sp³-hybridized carbons (Fsp3) is 0.500. The van der Waals surface area contributed by atoms with Crippen molar-refractivity contribution in [2.24, 2.45) is 5.92 Å². The number of anilines is 1. The smallest absolute Gasteiger partial charge is 0.0992 e. The first-order valence-electron chi connectivity index (χ1n) is 5.80. The van der Waals surface area contributed by atoms with Gasteiger partial charge in [0.15, 0.2) is 0 Å². The molecular formula is C14H20N2. The van der Waals surface area contributed by atoms with Crippen molar-refractivity contribution in [3.63, 3.8) is 0 Å². The van der Waals surface area contributed by atoms with Crippen molar-refractivity contribution < 1.29 is 0 Å². The van der Waals surface area contributed by atoms with Crippen LogP contribution in [0.2, 0.25) is 0 Å². The highest BCUT2D eigenvalue weighted by Gasteiger charge is 2.07. The summed E-state index contributed by atoms with van der Waals surface area (Å²) in [7, 11) is 0. The maximum atomic E-state index is 8.85. The van der Waals surface area contributed by atoms with Crippen LogP contribution in [0.15, 0.2) is 18.2 Å². The Bertz CT molecular complexity index is 388. The van der Waals surface area contributed by atoms with Crippen LogP contribution < -0.4 is 5.32 Å². The maximum absolute atomic E-state index is 8.85. The van der Waals surface area contributed by atoms with Gasteiger partial charge in [-0.3, -0.25) is 0 Å². The van der Waals surface area contributed by atoms with Crippen molar-refractivity contribution in [2.75, 3.05) is 5.32 Å². The minimum Gasteiger partial charge on any atom is -0.382 e. The van der Waals surface area contributed by atoms with Crippen LogP contribution in [-0.2, 0) is 0 Å². The van der Waals surface area contributed by atoms with E-state index in [4.69, 9.17) is 5.26 Å². The second-order valence-electron chi connectivity index (χ2n) is 4.82. The fourth-order valence-electron chi connectivity index (χ4n) is 1.88. The standard InChI is InChI=1S/C14H20N2/c1-10(2)7-12(4)16-14-8-13(9-15)6-5-11(14)3/h5-6,8,10,12,16H,7H2,1-4H3. The summed E-state index contributed by atoms with van der Waals surface area (Å²) < 4.78 is 0. The summed E-state index contributed by atoms with van der Waals surface area (Å²) in [4.78, 5) is 0. The third kappa shape index (κ3) is 3.58. The van der Waals surface area contributed by atoms with Gasteiger partial charge in [0.2, 0.25) is 0 Å². The topological polar surface area (TPSA) is 35.8 Å². The lowest BCUT2D eigenvalue weighted by Gasteiger charge is -2.18. The van der Waals surface area contributed by atoms with Gasteiger partial charge in [0, 0.05) is 11.7 Å². The van der Waals surface area contributed by atoms with E-state index in [2.05, 4.69) is 39.1 Å². The molecule has 2 heteroatoms. The van der Waals surface area contributed by atoms with Crippen LogP contribution in [0.25, 0.3) is 0 Å². The summed E-state index contributed by atoms with van der Waals surface area (Å²) in [5.74, 6) is 0.682. The van der Waals surface area contributed by atoms with Crippen molar-refractivity contribution in [1.82, 2.24) is 0 Å². The molecule has 0 amide bonds. The second kappa shape index (κ2) is 5.55. The van der Waals surface area contributed by atoms with Gasteiger partial charge in [0.25, 0.3) is 0 Å². The number of hydrogen-bond acceptors (Lipinski definition) is 2. The number of nitrogens with one attached hydrogen (secondary N) is 1. The molecule has 0 aliphatic rings. The zero-order valence-electron chi connectivity index (χ0n) is 10.5. The van der Waals surface area contributed by atoms with Crippen LogP contribution in [0.1, 0.15) is 38.3 Å². The zero-order valence-corrected chi connectivity index (χ0v) is 10.5. The highest BCUT2D eigenvalue weighted by Crippen LogP contribution is 2.19. The van der Waals surface area contributed by atoms with Gasteiger partial charge >= 0.3 is 0 Å². The lowest BCUT2D eigenvalue weighted by Crippen LogP contribution is -2.18. The van der Waals surface area contributed by atoms with Gasteiger partial charge in [0.1, 0.15) is 0 Å². The Kier molecular flexibility index (Phi) is 4.37. The van der Waals surface area contributed by atoms with Crippen LogP contribution >= 0.6 is 0 Å². The lowest BCUT2D eigenvalue weighted by atomic mass is 10.0. The first-order valence-corrected chi connectivity index (χ1v) is 5.80. The highest BCUT2D eigenvalue weighted by molar-refractivity contribution is 5.55. The molecular weight excluding hydrogens is 196 g/mol. The molecule has 0 radical (unpaired) electrons. The Hall–Kier alpha value is -1.49. The van der Waals surface area contributed by atoms with E-state index in [1.807, 2.05) is 18.2 Å². The lowest BCUT2D eigenvalue weighted by molar-refractivity contribution is 0.539. The highest BCUT2D eigenvalue weighted by atomic mass is 14.9. The van der Waals surface area contributed by atoms with Crippen molar-refractivity contribution in [1.29, 1.82) is 5.26 Å². The van der Waals surface area contributed by atoms with Crippen LogP contribution in [0.3, 0.4) is 0 Å². The molecule has 0 aliphatic heterocycles. The largest absolute Gasteiger partial charge is 0.382 e. The Morgan fingerprint density at radius 2 is 2.00 bits per heavy atom. The molecule has 1 atom stereocenters. The quantitative estimate of drug-likeness (QED) is 0.832. The molecule has 86 valence electrons. The van der Waals surface area contributed by atoms with Gasteiger partial charge in [-0.1, -0.05) is 19.9 Å². The minimum absolute atomic E-state index is 0.438. The molecule has 0 heterocycles. The molecule has 0 spiro atoms. The maximum Gasteiger partial charge on any atom is 0.0992 e. The van der Waals surface area contributed by atoms with E-state index in [-0.39, 0.29) is 0 Å². The van der Waals surface area contributed by atoms with Crippen molar-refractivity contribution in [3.05, 3.63) is 29.3 Å². The number of rotatable bonds is 4. The van der Waals surface area contributed by atoms with E-state index < -0.39 is 0 Å². The molecule has 0 bridgehead atoms. The average Bonchev–Trinajstić information content (AvgIpc) is 2.20. The Morgan fingerprint density at radius 3 is 2.56 bits per heavy atom. The SMILES string of the molecule is Cc1ccc(C#N)cc1NC(C)CC(C)C. The molecule has 1 aromatic carbocycles. The molecule has 1 N–H and O–H groups in total. The molecule has 0 saturated carbocycles. The molecule has 0 aliphatic carbocycles. The summed E-state index contributed by atoms with van der Waals surface area (Å²) in [6, 6.07) is 8.37. The van der Waals surface area contributed by atoms with Crippen molar-refractivity contribution >= 4 is 5.69 Å². The molecule has 2 nitrogen and oxygen atoms in total. The van der Waals surface area contributed by atoms with E-state index in [0.29, 0.717) is 17.5 Å². The van der Waals surface area contributed by atoms with Crippen molar-refractivity contribution in [3.8, 4) is 6.07 Å². The molecule has 0 fully saturated rings. The predicted molar refractivity (Wildman–Crippen MR) is 68.4 cm³/mol. The van der Waals surface area contributed by atoms with Crippen LogP contribution in [0.5, 0.6) is 0 Å². The first kappa shape index (κ1) is 12.6. The van der Waals surface area contributed by atoms with Gasteiger partial charge in [-0.2, -0.15) is 5.26 Å². The van der Waals surface area contributed by atoms with Gasteiger partial charge in [-0.15, -0.1) is 0 Å². The Balaban J connectivity index is 2.76. The first-order chi connectivity index (χ1) is 7.52. The van der Waals surface area contributed by atoms with Gasteiger partial charge in [-0.25, -0.2) is 0 Å². The third-order valence-electron chi connectivity index (χ3n) is 2.59. The minimum atomic E-state index is 0.438. The van der Waals surface area contributed by atoms with Crippen LogP contribution in [0, 0.1) is 24.2 Å². The monoisotopic (exact) mass is 216 g/mol. The number of benzene rings is 1. The summed E-state index contributed by atoms with van der Waals surface area (Å²) in [5, 5.41) is 12.3. The molecule has 16 heavy (non-hydrogen) atoms. The summed E-state index contributed by atoms with van der Waals surface area (Å²) in [6.45, 7) is 8.68. The average molecular weight is 216 g/mol. The van der Waals surface area contributed by atoms with Gasteiger partial charge < -0.3 is 5.32 Å². The number of aryl methyl sites for hydroxylation is 1. The number of nitriles is 1. The van der Waals surface area contributed by atoms with E-state index in [9.17, 15) is 0 Å². The molecule has 1 rings (SSSR count). The summed E-state index contributed by atoms with van der Waals surface area (Å²) in [6.07, 6.45) is 1.14. The van der Waals surface area contributed by atoms with E-state index in [1.54, 1.807) is 0 Å². The number of hydrogen-bond donors (Lipinski definition) is 1. The van der Waals surface area contributed by atoms with E-state index in [1.165, 1.54) is 5.56 Å². The van der Waals surface area contributed by atoms with Gasteiger partial charge in [0.05, 0.1) is 11.6 Å². The van der Waals surface area contributed by atoms with Crippen LogP contribution in [-0.4, -0.2) is 6.04 Å². The normalized spacial score (nSPS) is 12.2. The fourth-order valence-corrected chi connectivity index (χ4v) is 1.88. The van der Waals surface area contributed by atoms with Gasteiger partial charge in [-0.05, 0) is 43.9 Å². The molecule has 0 saturated heterocycles. The predicted octanol–water partition coefficient (Wildman–Crippen LogP) is 3.71.